The van der Waals surface area contributed by atoms with Gasteiger partial charge in [-0.1, -0.05) is 42.5 Å². The van der Waals surface area contributed by atoms with Crippen LogP contribution in [0.5, 0.6) is 5.75 Å². The van der Waals surface area contributed by atoms with E-state index >= 15 is 0 Å². The van der Waals surface area contributed by atoms with E-state index in [4.69, 9.17) is 4.74 Å². The topological polar surface area (TPSA) is 84.5 Å². The van der Waals surface area contributed by atoms with Gasteiger partial charge in [0.15, 0.2) is 0 Å². The van der Waals surface area contributed by atoms with Gasteiger partial charge in [0.1, 0.15) is 12.4 Å². The van der Waals surface area contributed by atoms with Crippen LogP contribution in [0.25, 0.3) is 0 Å². The molecule has 3 rings (SSSR count). The molecule has 0 aliphatic heterocycles. The lowest BCUT2D eigenvalue weighted by molar-refractivity contribution is 0.0955. The molecule has 1 aromatic heterocycles. The minimum absolute atomic E-state index is 0.140. The molecule has 0 saturated carbocycles. The molecule has 0 unspecified atom stereocenters. The van der Waals surface area contributed by atoms with E-state index in [1.165, 1.54) is 11.3 Å². The summed E-state index contributed by atoms with van der Waals surface area (Å²) in [5.41, 5.74) is 2.06. The minimum atomic E-state index is -3.20. The van der Waals surface area contributed by atoms with E-state index in [2.05, 4.69) is 10.0 Å². The first-order chi connectivity index (χ1) is 14.4. The van der Waals surface area contributed by atoms with Crippen molar-refractivity contribution in [1.82, 2.24) is 10.0 Å². The number of thiophene rings is 1. The van der Waals surface area contributed by atoms with E-state index in [1.807, 2.05) is 60.7 Å². The standard InChI is InChI=1S/C22H24N2O4S2/c1-30(26,27)24-14-13-20-11-12-21(29-20)22(25)23-15-17-7-9-18(10-8-17)16-28-19-5-3-2-4-6-19/h2-12,24H,13-16H2,1H3,(H,23,25). The largest absolute Gasteiger partial charge is 0.489 e. The number of amides is 1. The Morgan fingerprint density at radius 1 is 0.967 bits per heavy atom. The molecule has 8 heteroatoms. The zero-order chi connectivity index (χ0) is 21.4. The molecule has 0 aliphatic rings. The molecular formula is C22H24N2O4S2. The first-order valence-electron chi connectivity index (χ1n) is 9.46. The fraction of sp³-hybridized carbons (Fsp3) is 0.227. The fourth-order valence-corrected chi connectivity index (χ4v) is 4.10. The Hall–Kier alpha value is -2.68. The van der Waals surface area contributed by atoms with Gasteiger partial charge in [0.2, 0.25) is 10.0 Å². The van der Waals surface area contributed by atoms with Crippen molar-refractivity contribution in [3.63, 3.8) is 0 Å². The molecule has 3 aromatic rings. The van der Waals surface area contributed by atoms with Crippen molar-refractivity contribution >= 4 is 27.3 Å². The Morgan fingerprint density at radius 2 is 1.67 bits per heavy atom. The Morgan fingerprint density at radius 3 is 2.37 bits per heavy atom. The number of ether oxygens (including phenoxy) is 1. The van der Waals surface area contributed by atoms with Gasteiger partial charge in [0.05, 0.1) is 11.1 Å². The average molecular weight is 445 g/mol. The number of carbonyl (C=O) groups is 1. The Labute approximate surface area is 181 Å². The first kappa shape index (κ1) is 22.0. The number of para-hydroxylation sites is 1. The number of hydrogen-bond donors (Lipinski definition) is 2. The zero-order valence-electron chi connectivity index (χ0n) is 16.6. The van der Waals surface area contributed by atoms with Crippen LogP contribution < -0.4 is 14.8 Å². The third kappa shape index (κ3) is 7.29. The van der Waals surface area contributed by atoms with Crippen molar-refractivity contribution in [1.29, 1.82) is 0 Å². The smallest absolute Gasteiger partial charge is 0.261 e. The van der Waals surface area contributed by atoms with Crippen molar-refractivity contribution in [3.05, 3.63) is 87.6 Å². The molecule has 30 heavy (non-hydrogen) atoms. The van der Waals surface area contributed by atoms with Crippen LogP contribution in [0.1, 0.15) is 25.7 Å². The monoisotopic (exact) mass is 444 g/mol. The van der Waals surface area contributed by atoms with Gasteiger partial charge in [-0.25, -0.2) is 13.1 Å². The van der Waals surface area contributed by atoms with E-state index in [9.17, 15) is 13.2 Å². The molecule has 0 spiro atoms. The predicted molar refractivity (Wildman–Crippen MR) is 119 cm³/mol. The van der Waals surface area contributed by atoms with Crippen molar-refractivity contribution in [2.24, 2.45) is 0 Å². The third-order valence-corrected chi connectivity index (χ3v) is 6.12. The quantitative estimate of drug-likeness (QED) is 0.502. The molecule has 0 atom stereocenters. The van der Waals surface area contributed by atoms with Gasteiger partial charge in [-0.3, -0.25) is 4.79 Å². The van der Waals surface area contributed by atoms with Crippen LogP contribution in [0.2, 0.25) is 0 Å². The van der Waals surface area contributed by atoms with E-state index in [0.717, 1.165) is 28.0 Å². The van der Waals surface area contributed by atoms with Crippen molar-refractivity contribution in [3.8, 4) is 5.75 Å². The Bertz CT molecular complexity index is 1060. The van der Waals surface area contributed by atoms with Crippen LogP contribution >= 0.6 is 11.3 Å². The molecule has 0 bridgehead atoms. The average Bonchev–Trinajstić information content (AvgIpc) is 3.20. The first-order valence-corrected chi connectivity index (χ1v) is 12.2. The van der Waals surface area contributed by atoms with Crippen molar-refractivity contribution in [2.45, 2.75) is 19.6 Å². The maximum Gasteiger partial charge on any atom is 0.261 e. The molecule has 2 aromatic carbocycles. The second-order valence-corrected chi connectivity index (χ2v) is 9.78. The summed E-state index contributed by atoms with van der Waals surface area (Å²) in [6.45, 7) is 1.24. The van der Waals surface area contributed by atoms with Crippen LogP contribution in [0, 0.1) is 0 Å². The zero-order valence-corrected chi connectivity index (χ0v) is 18.3. The number of benzene rings is 2. The van der Waals surface area contributed by atoms with E-state index in [0.29, 0.717) is 31.0 Å². The van der Waals surface area contributed by atoms with Gasteiger partial charge in [-0.05, 0) is 41.8 Å². The van der Waals surface area contributed by atoms with E-state index in [-0.39, 0.29) is 5.91 Å². The highest BCUT2D eigenvalue weighted by atomic mass is 32.2. The fourth-order valence-electron chi connectivity index (χ4n) is 2.70. The van der Waals surface area contributed by atoms with E-state index in [1.54, 1.807) is 6.07 Å². The molecule has 0 saturated heterocycles. The summed E-state index contributed by atoms with van der Waals surface area (Å²) in [5.74, 6) is 0.690. The molecular weight excluding hydrogens is 420 g/mol. The van der Waals surface area contributed by atoms with Crippen LogP contribution in [-0.2, 0) is 29.6 Å². The molecule has 0 radical (unpaired) electrons. The van der Waals surface area contributed by atoms with Crippen LogP contribution in [0.3, 0.4) is 0 Å². The second kappa shape index (κ2) is 10.4. The van der Waals surface area contributed by atoms with Crippen LogP contribution in [0.4, 0.5) is 0 Å². The predicted octanol–water partition coefficient (Wildman–Crippen LogP) is 3.35. The Kier molecular flexibility index (Phi) is 7.62. The van der Waals surface area contributed by atoms with Crippen molar-refractivity contribution < 1.29 is 17.9 Å². The summed E-state index contributed by atoms with van der Waals surface area (Å²) in [5, 5.41) is 2.91. The van der Waals surface area contributed by atoms with Crippen molar-refractivity contribution in [2.75, 3.05) is 12.8 Å². The number of rotatable bonds is 10. The molecule has 6 nitrogen and oxygen atoms in total. The summed E-state index contributed by atoms with van der Waals surface area (Å²) in [7, 11) is -3.20. The van der Waals surface area contributed by atoms with Crippen LogP contribution in [0.15, 0.2) is 66.7 Å². The highest BCUT2D eigenvalue weighted by molar-refractivity contribution is 7.88. The normalized spacial score (nSPS) is 11.2. The maximum atomic E-state index is 12.4. The van der Waals surface area contributed by atoms with Gasteiger partial charge in [0, 0.05) is 18.0 Å². The molecule has 2 N–H and O–H groups in total. The summed E-state index contributed by atoms with van der Waals surface area (Å²) in [6, 6.07) is 21.2. The number of sulfonamides is 1. The minimum Gasteiger partial charge on any atom is -0.489 e. The van der Waals surface area contributed by atoms with Gasteiger partial charge in [0.25, 0.3) is 5.91 Å². The van der Waals surface area contributed by atoms with Gasteiger partial charge in [-0.2, -0.15) is 0 Å². The molecule has 0 aliphatic carbocycles. The third-order valence-electron chi connectivity index (χ3n) is 4.25. The molecule has 1 heterocycles. The number of carbonyl (C=O) groups excluding carboxylic acids is 1. The molecule has 1 amide bonds. The molecule has 158 valence electrons. The maximum absolute atomic E-state index is 12.4. The van der Waals surface area contributed by atoms with Gasteiger partial charge >= 0.3 is 0 Å². The van der Waals surface area contributed by atoms with E-state index < -0.39 is 10.0 Å². The van der Waals surface area contributed by atoms with Gasteiger partial charge in [-0.15, -0.1) is 11.3 Å². The lowest BCUT2D eigenvalue weighted by atomic mass is 10.1. The number of nitrogens with one attached hydrogen (secondary N) is 2. The lowest BCUT2D eigenvalue weighted by Gasteiger charge is -2.08. The summed E-state index contributed by atoms with van der Waals surface area (Å²) < 4.78 is 30.4. The lowest BCUT2D eigenvalue weighted by Crippen LogP contribution is -2.24. The summed E-state index contributed by atoms with van der Waals surface area (Å²) >= 11 is 1.37. The van der Waals surface area contributed by atoms with Gasteiger partial charge < -0.3 is 10.1 Å². The second-order valence-electron chi connectivity index (χ2n) is 6.78. The Balaban J connectivity index is 1.44. The van der Waals surface area contributed by atoms with Crippen LogP contribution in [-0.4, -0.2) is 27.1 Å². The highest BCUT2D eigenvalue weighted by Crippen LogP contribution is 2.17. The summed E-state index contributed by atoms with van der Waals surface area (Å²) in [4.78, 5) is 13.9. The highest BCUT2D eigenvalue weighted by Gasteiger charge is 2.10. The summed E-state index contributed by atoms with van der Waals surface area (Å²) in [6.07, 6.45) is 1.68. The SMILES string of the molecule is CS(=O)(=O)NCCc1ccc(C(=O)NCc2ccc(COc3ccccc3)cc2)s1. The number of hydrogen-bond acceptors (Lipinski definition) is 5. The molecule has 0 fully saturated rings.